The smallest absolute Gasteiger partial charge is 0.255 e. The minimum absolute atomic E-state index is 0.110. The van der Waals surface area contributed by atoms with E-state index in [1.54, 1.807) is 70.0 Å². The van der Waals surface area contributed by atoms with E-state index in [2.05, 4.69) is 10.3 Å². The van der Waals surface area contributed by atoms with Crippen molar-refractivity contribution in [2.75, 3.05) is 33.8 Å². The van der Waals surface area contributed by atoms with Crippen molar-refractivity contribution in [3.05, 3.63) is 119 Å². The SMILES string of the molecule is COc1cc(Cc2nccc3cc(OC)c(OC)cc23)c(NC(=O)c2ccc(C(=O)c3ccccc3)cc2)cc1OC. The fraction of sp³-hybridized carbons (Fsp3) is 0.147. The molecule has 0 radical (unpaired) electrons. The van der Waals surface area contributed by atoms with Crippen molar-refractivity contribution in [2.45, 2.75) is 6.42 Å². The minimum Gasteiger partial charge on any atom is -0.493 e. The normalized spacial score (nSPS) is 10.7. The Morgan fingerprint density at radius 2 is 1.24 bits per heavy atom. The van der Waals surface area contributed by atoms with Gasteiger partial charge in [0.05, 0.1) is 34.1 Å². The number of ether oxygens (including phenoxy) is 4. The Bertz CT molecular complexity index is 1750. The third kappa shape index (κ3) is 5.74. The third-order valence-electron chi connectivity index (χ3n) is 7.01. The fourth-order valence-electron chi connectivity index (χ4n) is 4.79. The molecule has 42 heavy (non-hydrogen) atoms. The number of carbonyl (C=O) groups excluding carboxylic acids is 2. The molecule has 0 fully saturated rings. The summed E-state index contributed by atoms with van der Waals surface area (Å²) in [5, 5.41) is 4.84. The molecule has 0 aliphatic rings. The fourth-order valence-corrected chi connectivity index (χ4v) is 4.79. The summed E-state index contributed by atoms with van der Waals surface area (Å²) in [6.45, 7) is 0. The predicted molar refractivity (Wildman–Crippen MR) is 161 cm³/mol. The quantitative estimate of drug-likeness (QED) is 0.198. The van der Waals surface area contributed by atoms with Gasteiger partial charge in [-0.15, -0.1) is 0 Å². The molecular formula is C34H30N2O6. The molecule has 1 amide bonds. The number of aromatic nitrogens is 1. The van der Waals surface area contributed by atoms with Gasteiger partial charge in [-0.05, 0) is 47.3 Å². The summed E-state index contributed by atoms with van der Waals surface area (Å²) in [6.07, 6.45) is 2.12. The monoisotopic (exact) mass is 562 g/mol. The number of methoxy groups -OCH3 is 4. The van der Waals surface area contributed by atoms with Crippen LogP contribution in [-0.4, -0.2) is 45.1 Å². The summed E-state index contributed by atoms with van der Waals surface area (Å²) < 4.78 is 22.1. The summed E-state index contributed by atoms with van der Waals surface area (Å²) >= 11 is 0. The molecule has 0 saturated heterocycles. The Morgan fingerprint density at radius 1 is 0.667 bits per heavy atom. The molecule has 0 aliphatic carbocycles. The van der Waals surface area contributed by atoms with Gasteiger partial charge in [-0.1, -0.05) is 42.5 Å². The predicted octanol–water partition coefficient (Wildman–Crippen LogP) is 6.34. The number of ketones is 1. The molecule has 1 N–H and O–H groups in total. The van der Waals surface area contributed by atoms with Crippen LogP contribution in [0.5, 0.6) is 23.0 Å². The minimum atomic E-state index is -0.334. The lowest BCUT2D eigenvalue weighted by Gasteiger charge is -2.17. The number of hydrogen-bond donors (Lipinski definition) is 1. The van der Waals surface area contributed by atoms with E-state index in [0.717, 1.165) is 22.0 Å². The molecule has 0 aliphatic heterocycles. The van der Waals surface area contributed by atoms with E-state index >= 15 is 0 Å². The van der Waals surface area contributed by atoms with Crippen LogP contribution >= 0.6 is 0 Å². The lowest BCUT2D eigenvalue weighted by Crippen LogP contribution is -2.14. The van der Waals surface area contributed by atoms with Crippen molar-refractivity contribution in [1.29, 1.82) is 0 Å². The van der Waals surface area contributed by atoms with Gasteiger partial charge in [0.15, 0.2) is 28.8 Å². The zero-order valence-electron chi connectivity index (χ0n) is 23.8. The summed E-state index contributed by atoms with van der Waals surface area (Å²) in [4.78, 5) is 30.8. The van der Waals surface area contributed by atoms with Crippen LogP contribution in [-0.2, 0) is 6.42 Å². The van der Waals surface area contributed by atoms with Gasteiger partial charge < -0.3 is 24.3 Å². The zero-order chi connectivity index (χ0) is 29.6. The number of nitrogens with one attached hydrogen (secondary N) is 1. The number of fused-ring (bicyclic) bond motifs is 1. The number of hydrogen-bond acceptors (Lipinski definition) is 7. The number of benzene rings is 4. The second-order valence-corrected chi connectivity index (χ2v) is 9.45. The van der Waals surface area contributed by atoms with Crippen molar-refractivity contribution in [3.8, 4) is 23.0 Å². The van der Waals surface area contributed by atoms with Crippen LogP contribution in [0.1, 0.15) is 37.5 Å². The highest BCUT2D eigenvalue weighted by Crippen LogP contribution is 2.37. The lowest BCUT2D eigenvalue weighted by molar-refractivity contribution is 0.102. The van der Waals surface area contributed by atoms with Crippen LogP contribution in [0, 0.1) is 0 Å². The number of pyridine rings is 1. The van der Waals surface area contributed by atoms with Gasteiger partial charge in [0.25, 0.3) is 5.91 Å². The topological polar surface area (TPSA) is 96.0 Å². The van der Waals surface area contributed by atoms with E-state index in [9.17, 15) is 9.59 Å². The molecule has 1 aromatic heterocycles. The molecule has 0 spiro atoms. The largest absolute Gasteiger partial charge is 0.493 e. The van der Waals surface area contributed by atoms with Crippen molar-refractivity contribution in [3.63, 3.8) is 0 Å². The van der Waals surface area contributed by atoms with Crippen molar-refractivity contribution >= 4 is 28.2 Å². The van der Waals surface area contributed by atoms with Crippen LogP contribution in [0.15, 0.2) is 91.1 Å². The molecule has 0 saturated carbocycles. The first kappa shape index (κ1) is 28.2. The zero-order valence-corrected chi connectivity index (χ0v) is 23.8. The number of anilines is 1. The average molecular weight is 563 g/mol. The standard InChI is InChI=1S/C34H30N2O6/c1-39-29-17-24-14-15-35-28(26(24)19-31(29)41-3)16-25-18-30(40-2)32(42-4)20-27(25)36-34(38)23-12-10-22(11-13-23)33(37)21-8-6-5-7-9-21/h5-15,17-20H,16H2,1-4H3,(H,36,38). The second kappa shape index (κ2) is 12.4. The van der Waals surface area contributed by atoms with Crippen LogP contribution in [0.3, 0.4) is 0 Å². The highest BCUT2D eigenvalue weighted by molar-refractivity contribution is 6.10. The maximum absolute atomic E-state index is 13.4. The molecular weight excluding hydrogens is 532 g/mol. The molecule has 4 aromatic carbocycles. The van der Waals surface area contributed by atoms with Crippen molar-refractivity contribution < 1.29 is 28.5 Å². The number of amides is 1. The van der Waals surface area contributed by atoms with E-state index in [1.165, 1.54) is 7.11 Å². The van der Waals surface area contributed by atoms with Crippen molar-refractivity contribution in [2.24, 2.45) is 0 Å². The number of rotatable bonds is 10. The van der Waals surface area contributed by atoms with Crippen LogP contribution in [0.25, 0.3) is 10.8 Å². The number of nitrogens with zero attached hydrogens (tertiary/aromatic N) is 1. The Hall–Kier alpha value is -5.37. The molecule has 1 heterocycles. The molecule has 0 atom stereocenters. The Balaban J connectivity index is 1.47. The Morgan fingerprint density at radius 3 is 1.90 bits per heavy atom. The van der Waals surface area contributed by atoms with E-state index in [0.29, 0.717) is 51.8 Å². The van der Waals surface area contributed by atoms with Gasteiger partial charge in [0.2, 0.25) is 0 Å². The van der Waals surface area contributed by atoms with E-state index in [1.807, 2.05) is 42.5 Å². The summed E-state index contributed by atoms with van der Waals surface area (Å²) in [5.41, 5.74) is 3.58. The first-order valence-electron chi connectivity index (χ1n) is 13.2. The number of carbonyl (C=O) groups is 2. The summed E-state index contributed by atoms with van der Waals surface area (Å²) in [6, 6.07) is 24.9. The van der Waals surface area contributed by atoms with Crippen LogP contribution in [0.4, 0.5) is 5.69 Å². The molecule has 5 aromatic rings. The van der Waals surface area contributed by atoms with Gasteiger partial charge in [-0.3, -0.25) is 14.6 Å². The average Bonchev–Trinajstić information content (AvgIpc) is 3.04. The van der Waals surface area contributed by atoms with Crippen LogP contribution in [0.2, 0.25) is 0 Å². The van der Waals surface area contributed by atoms with Gasteiger partial charge in [0.1, 0.15) is 0 Å². The van der Waals surface area contributed by atoms with Gasteiger partial charge >= 0.3 is 0 Å². The van der Waals surface area contributed by atoms with Gasteiger partial charge in [0, 0.05) is 46.4 Å². The van der Waals surface area contributed by atoms with Crippen molar-refractivity contribution in [1.82, 2.24) is 4.98 Å². The van der Waals surface area contributed by atoms with Gasteiger partial charge in [-0.2, -0.15) is 0 Å². The van der Waals surface area contributed by atoms with E-state index in [-0.39, 0.29) is 11.7 Å². The van der Waals surface area contributed by atoms with E-state index < -0.39 is 0 Å². The van der Waals surface area contributed by atoms with Crippen LogP contribution < -0.4 is 24.3 Å². The maximum atomic E-state index is 13.4. The molecule has 0 unspecified atom stereocenters. The lowest BCUT2D eigenvalue weighted by atomic mass is 10.0. The molecule has 5 rings (SSSR count). The summed E-state index contributed by atoms with van der Waals surface area (Å²) in [7, 11) is 6.29. The maximum Gasteiger partial charge on any atom is 0.255 e. The molecule has 8 nitrogen and oxygen atoms in total. The molecule has 8 heteroatoms. The molecule has 0 bridgehead atoms. The summed E-state index contributed by atoms with van der Waals surface area (Å²) in [5.74, 6) is 1.76. The third-order valence-corrected chi connectivity index (χ3v) is 7.01. The first-order chi connectivity index (χ1) is 20.4. The van der Waals surface area contributed by atoms with E-state index in [4.69, 9.17) is 18.9 Å². The molecule has 212 valence electrons. The second-order valence-electron chi connectivity index (χ2n) is 9.45. The highest BCUT2D eigenvalue weighted by Gasteiger charge is 2.18. The Labute approximate surface area is 243 Å². The highest BCUT2D eigenvalue weighted by atomic mass is 16.5. The Kier molecular flexibility index (Phi) is 8.34. The first-order valence-corrected chi connectivity index (χ1v) is 13.2. The van der Waals surface area contributed by atoms with Gasteiger partial charge in [-0.25, -0.2) is 0 Å².